The molecule has 0 saturated carbocycles. The molecule has 0 atom stereocenters. The van der Waals surface area contributed by atoms with Crippen molar-refractivity contribution in [2.45, 2.75) is 13.8 Å². The molecule has 0 radical (unpaired) electrons. The van der Waals surface area contributed by atoms with Crippen molar-refractivity contribution in [1.29, 1.82) is 0 Å². The van der Waals surface area contributed by atoms with Gasteiger partial charge in [-0.05, 0) is 13.1 Å². The predicted octanol–water partition coefficient (Wildman–Crippen LogP) is 1.73. The first kappa shape index (κ1) is 20.5. The van der Waals surface area contributed by atoms with Crippen molar-refractivity contribution in [1.82, 2.24) is 19.6 Å². The van der Waals surface area contributed by atoms with Gasteiger partial charge in [-0.1, -0.05) is 13.8 Å². The van der Waals surface area contributed by atoms with Gasteiger partial charge in [-0.3, -0.25) is 9.80 Å². The van der Waals surface area contributed by atoms with Crippen LogP contribution in [-0.2, 0) is 0 Å². The molecule has 0 bridgehead atoms. The molecule has 1 aliphatic rings. The first-order chi connectivity index (χ1) is 10.7. The molecule has 0 aliphatic carbocycles. The molecule has 0 aromatic heterocycles. The standard InChI is InChI=1S/C16H34Cl2N4/c1-3-19(7-5-17)9-10-20(4-2)11-12-22-15-13-21(8-6-18)14-16-22/h3-16H2,1-2H3. The third-order valence-electron chi connectivity index (χ3n) is 4.63. The smallest absolute Gasteiger partial charge is 0.0351 e. The second-order valence-electron chi connectivity index (χ2n) is 5.93. The van der Waals surface area contributed by atoms with Crippen molar-refractivity contribution < 1.29 is 0 Å². The van der Waals surface area contributed by atoms with Gasteiger partial charge in [-0.25, -0.2) is 0 Å². The molecule has 1 saturated heterocycles. The van der Waals surface area contributed by atoms with Gasteiger partial charge in [0.05, 0.1) is 0 Å². The molecule has 4 nitrogen and oxygen atoms in total. The van der Waals surface area contributed by atoms with E-state index in [0.29, 0.717) is 0 Å². The van der Waals surface area contributed by atoms with Crippen molar-refractivity contribution in [3.05, 3.63) is 0 Å². The van der Waals surface area contributed by atoms with E-state index in [1.807, 2.05) is 0 Å². The van der Waals surface area contributed by atoms with E-state index in [9.17, 15) is 0 Å². The average Bonchev–Trinajstić information content (AvgIpc) is 2.55. The number of hydrogen-bond donors (Lipinski definition) is 0. The molecule has 6 heteroatoms. The summed E-state index contributed by atoms with van der Waals surface area (Å²) in [6, 6.07) is 0. The van der Waals surface area contributed by atoms with Crippen LogP contribution in [0.3, 0.4) is 0 Å². The van der Waals surface area contributed by atoms with Gasteiger partial charge in [0, 0.05) is 77.2 Å². The lowest BCUT2D eigenvalue weighted by atomic mass is 10.3. The SMILES string of the molecule is CCN(CCCl)CCN(CC)CCN1CCN(CCCl)CC1. The summed E-state index contributed by atoms with van der Waals surface area (Å²) in [5.41, 5.74) is 0. The van der Waals surface area contributed by atoms with E-state index in [1.54, 1.807) is 0 Å². The van der Waals surface area contributed by atoms with Gasteiger partial charge in [0.15, 0.2) is 0 Å². The van der Waals surface area contributed by atoms with E-state index in [0.717, 1.165) is 64.1 Å². The molecular formula is C16H34Cl2N4. The summed E-state index contributed by atoms with van der Waals surface area (Å²) < 4.78 is 0. The van der Waals surface area contributed by atoms with Crippen LogP contribution in [0.15, 0.2) is 0 Å². The number of piperazine rings is 1. The second kappa shape index (κ2) is 12.8. The Bertz CT molecular complexity index is 261. The highest BCUT2D eigenvalue weighted by atomic mass is 35.5. The third-order valence-corrected chi connectivity index (χ3v) is 4.96. The van der Waals surface area contributed by atoms with Gasteiger partial charge < -0.3 is 9.80 Å². The summed E-state index contributed by atoms with van der Waals surface area (Å²) in [4.78, 5) is 10.0. The van der Waals surface area contributed by atoms with Crippen LogP contribution in [0.25, 0.3) is 0 Å². The van der Waals surface area contributed by atoms with E-state index in [4.69, 9.17) is 23.2 Å². The summed E-state index contributed by atoms with van der Waals surface area (Å²) in [6.45, 7) is 18.0. The maximum absolute atomic E-state index is 5.85. The summed E-state index contributed by atoms with van der Waals surface area (Å²) in [7, 11) is 0. The van der Waals surface area contributed by atoms with Crippen LogP contribution >= 0.6 is 23.2 Å². The van der Waals surface area contributed by atoms with Gasteiger partial charge in [-0.15, -0.1) is 23.2 Å². The van der Waals surface area contributed by atoms with Gasteiger partial charge in [-0.2, -0.15) is 0 Å². The number of nitrogens with zero attached hydrogens (tertiary/aromatic N) is 4. The van der Waals surface area contributed by atoms with Crippen molar-refractivity contribution in [2.75, 3.05) is 90.3 Å². The van der Waals surface area contributed by atoms with Crippen molar-refractivity contribution in [2.24, 2.45) is 0 Å². The Morgan fingerprint density at radius 1 is 0.682 bits per heavy atom. The summed E-state index contributed by atoms with van der Waals surface area (Å²) in [5.74, 6) is 1.48. The topological polar surface area (TPSA) is 13.0 Å². The molecule has 1 aliphatic heterocycles. The molecule has 1 heterocycles. The molecular weight excluding hydrogens is 319 g/mol. The lowest BCUT2D eigenvalue weighted by molar-refractivity contribution is 0.120. The van der Waals surface area contributed by atoms with Gasteiger partial charge in [0.1, 0.15) is 0 Å². The van der Waals surface area contributed by atoms with Crippen LogP contribution in [0.2, 0.25) is 0 Å². The second-order valence-corrected chi connectivity index (χ2v) is 6.69. The Balaban J connectivity index is 2.18. The Hall–Kier alpha value is 0.420. The van der Waals surface area contributed by atoms with E-state index in [1.165, 1.54) is 26.2 Å². The Morgan fingerprint density at radius 3 is 1.64 bits per heavy atom. The molecule has 0 aromatic carbocycles. The number of alkyl halides is 2. The molecule has 0 N–H and O–H groups in total. The van der Waals surface area contributed by atoms with Crippen LogP contribution in [0.4, 0.5) is 0 Å². The van der Waals surface area contributed by atoms with Crippen molar-refractivity contribution in [3.8, 4) is 0 Å². The fourth-order valence-electron chi connectivity index (χ4n) is 2.90. The highest BCUT2D eigenvalue weighted by Crippen LogP contribution is 2.02. The maximum Gasteiger partial charge on any atom is 0.0351 e. The molecule has 0 unspecified atom stereocenters. The zero-order chi connectivity index (χ0) is 16.2. The van der Waals surface area contributed by atoms with Crippen molar-refractivity contribution >= 4 is 23.2 Å². The Morgan fingerprint density at radius 2 is 1.18 bits per heavy atom. The fourth-order valence-corrected chi connectivity index (χ4v) is 3.38. The number of halogens is 2. The zero-order valence-corrected chi connectivity index (χ0v) is 16.0. The number of rotatable bonds is 12. The third kappa shape index (κ3) is 8.32. The summed E-state index contributed by atoms with van der Waals surface area (Å²) >= 11 is 11.7. The van der Waals surface area contributed by atoms with Crippen LogP contribution in [0, 0.1) is 0 Å². The van der Waals surface area contributed by atoms with Crippen LogP contribution < -0.4 is 0 Å². The van der Waals surface area contributed by atoms with Crippen LogP contribution in [0.5, 0.6) is 0 Å². The highest BCUT2D eigenvalue weighted by Gasteiger charge is 2.16. The quantitative estimate of drug-likeness (QED) is 0.496. The minimum Gasteiger partial charge on any atom is -0.301 e. The first-order valence-electron chi connectivity index (χ1n) is 8.74. The normalized spacial score (nSPS) is 17.7. The lowest BCUT2D eigenvalue weighted by Gasteiger charge is -2.35. The molecule has 22 heavy (non-hydrogen) atoms. The van der Waals surface area contributed by atoms with Gasteiger partial charge >= 0.3 is 0 Å². The number of hydrogen-bond acceptors (Lipinski definition) is 4. The summed E-state index contributed by atoms with van der Waals surface area (Å²) in [6.07, 6.45) is 0. The van der Waals surface area contributed by atoms with E-state index < -0.39 is 0 Å². The van der Waals surface area contributed by atoms with Crippen molar-refractivity contribution in [3.63, 3.8) is 0 Å². The molecule has 132 valence electrons. The molecule has 0 amide bonds. The largest absolute Gasteiger partial charge is 0.301 e. The van der Waals surface area contributed by atoms with Gasteiger partial charge in [0.25, 0.3) is 0 Å². The summed E-state index contributed by atoms with van der Waals surface area (Å²) in [5, 5.41) is 0. The van der Waals surface area contributed by atoms with E-state index >= 15 is 0 Å². The monoisotopic (exact) mass is 352 g/mol. The Kier molecular flexibility index (Phi) is 11.9. The molecule has 0 aromatic rings. The molecule has 0 spiro atoms. The van der Waals surface area contributed by atoms with E-state index in [-0.39, 0.29) is 0 Å². The van der Waals surface area contributed by atoms with E-state index in [2.05, 4.69) is 33.4 Å². The highest BCUT2D eigenvalue weighted by molar-refractivity contribution is 6.18. The number of likely N-dealkylation sites (N-methyl/N-ethyl adjacent to an activating group) is 2. The zero-order valence-electron chi connectivity index (χ0n) is 14.4. The molecule has 1 fully saturated rings. The predicted molar refractivity (Wildman–Crippen MR) is 98.5 cm³/mol. The fraction of sp³-hybridized carbons (Fsp3) is 1.00. The first-order valence-corrected chi connectivity index (χ1v) is 9.81. The molecule has 1 rings (SSSR count). The van der Waals surface area contributed by atoms with Crippen LogP contribution in [0.1, 0.15) is 13.8 Å². The van der Waals surface area contributed by atoms with Crippen LogP contribution in [-0.4, -0.2) is 110 Å². The average molecular weight is 353 g/mol. The lowest BCUT2D eigenvalue weighted by Crippen LogP contribution is -2.49. The van der Waals surface area contributed by atoms with Gasteiger partial charge in [0.2, 0.25) is 0 Å². The minimum atomic E-state index is 0.729. The minimum absolute atomic E-state index is 0.729. The Labute approximate surface area is 147 Å². The maximum atomic E-state index is 5.85.